The topological polar surface area (TPSA) is 44.7 Å². The summed E-state index contributed by atoms with van der Waals surface area (Å²) >= 11 is 11.9. The zero-order valence-electron chi connectivity index (χ0n) is 11.9. The highest BCUT2D eigenvalue weighted by Crippen LogP contribution is 2.28. The number of hydrazone groups is 1. The minimum absolute atomic E-state index is 0.260. The Bertz CT molecular complexity index is 680. The molecule has 0 saturated heterocycles. The highest BCUT2D eigenvalue weighted by atomic mass is 35.5. The Hall–Kier alpha value is -2.04. The normalized spacial score (nSPS) is 14.5. The molecule has 1 aliphatic rings. The smallest absolute Gasteiger partial charge is 0.256 e. The van der Waals surface area contributed by atoms with Gasteiger partial charge in [-0.3, -0.25) is 9.80 Å². The number of anilines is 1. The van der Waals surface area contributed by atoms with E-state index >= 15 is 0 Å². The van der Waals surface area contributed by atoms with Crippen molar-refractivity contribution < 1.29 is 4.79 Å². The number of hydrogen-bond acceptors (Lipinski definition) is 3. The van der Waals surface area contributed by atoms with Crippen molar-refractivity contribution in [2.45, 2.75) is 6.42 Å². The second-order valence-corrected chi connectivity index (χ2v) is 5.35. The van der Waals surface area contributed by atoms with Crippen LogP contribution in [0.15, 0.2) is 60.3 Å². The largest absolute Gasteiger partial charge is 0.309 e. The monoisotopic (exact) mass is 335 g/mol. The molecule has 1 aliphatic heterocycles. The molecule has 1 N–H and O–H groups in total. The van der Waals surface area contributed by atoms with Gasteiger partial charge >= 0.3 is 0 Å². The number of allylic oxidation sites excluding steroid dienone is 2. The van der Waals surface area contributed by atoms with Crippen molar-refractivity contribution in [2.75, 3.05) is 11.6 Å². The fourth-order valence-corrected chi connectivity index (χ4v) is 2.24. The average Bonchev–Trinajstić information content (AvgIpc) is 2.96. The fraction of sp³-hybridized carbons (Fsp3) is 0.125. The Morgan fingerprint density at radius 1 is 1.32 bits per heavy atom. The molecule has 1 heterocycles. The summed E-state index contributed by atoms with van der Waals surface area (Å²) in [5.74, 6) is 0.331. The Labute approximate surface area is 139 Å². The first-order valence-corrected chi connectivity index (χ1v) is 7.37. The Kier molecular flexibility index (Phi) is 5.41. The number of carbonyl (C=O) groups excluding carboxylic acids is 1. The third-order valence-electron chi connectivity index (χ3n) is 3.04. The molecule has 114 valence electrons. The number of halogens is 2. The Balaban J connectivity index is 2.10. The summed E-state index contributed by atoms with van der Waals surface area (Å²) in [6.07, 6.45) is 5.23. The van der Waals surface area contributed by atoms with E-state index in [1.54, 1.807) is 23.2 Å². The van der Waals surface area contributed by atoms with Crippen LogP contribution in [0, 0.1) is 0 Å². The molecule has 2 rings (SSSR count). The molecular formula is C16H15Cl2N3O. The summed E-state index contributed by atoms with van der Waals surface area (Å²) in [5, 5.41) is 9.86. The maximum absolute atomic E-state index is 12.0. The van der Waals surface area contributed by atoms with Crippen molar-refractivity contribution in [2.24, 2.45) is 5.10 Å². The molecule has 0 aliphatic carbocycles. The molecule has 1 aromatic carbocycles. The van der Waals surface area contributed by atoms with Crippen molar-refractivity contribution in [1.29, 1.82) is 0 Å². The van der Waals surface area contributed by atoms with Crippen LogP contribution in [0.25, 0.3) is 0 Å². The van der Waals surface area contributed by atoms with Crippen LogP contribution >= 0.6 is 23.2 Å². The van der Waals surface area contributed by atoms with E-state index in [-0.39, 0.29) is 5.91 Å². The molecule has 0 spiro atoms. The SMILES string of the molecule is C=C/C=C(\C=C)C(=O)NC1=NN(c2ccc(Cl)c(Cl)c2)CC1. The zero-order chi connectivity index (χ0) is 16.1. The molecule has 0 saturated carbocycles. The van der Waals surface area contributed by atoms with E-state index in [9.17, 15) is 4.79 Å². The van der Waals surface area contributed by atoms with Gasteiger partial charge in [-0.1, -0.05) is 54.6 Å². The minimum Gasteiger partial charge on any atom is -0.309 e. The van der Waals surface area contributed by atoms with Crippen molar-refractivity contribution in [1.82, 2.24) is 5.32 Å². The highest BCUT2D eigenvalue weighted by molar-refractivity contribution is 6.42. The molecule has 0 bridgehead atoms. The maximum atomic E-state index is 12.0. The van der Waals surface area contributed by atoms with E-state index in [0.717, 1.165) is 5.69 Å². The van der Waals surface area contributed by atoms with Gasteiger partial charge in [0.1, 0.15) is 5.84 Å². The lowest BCUT2D eigenvalue weighted by Crippen LogP contribution is -2.30. The van der Waals surface area contributed by atoms with Crippen LogP contribution < -0.4 is 10.3 Å². The van der Waals surface area contributed by atoms with Crippen LogP contribution in [-0.4, -0.2) is 18.3 Å². The third-order valence-corrected chi connectivity index (χ3v) is 3.78. The first kappa shape index (κ1) is 16.3. The van der Waals surface area contributed by atoms with Crippen LogP contribution in [0.4, 0.5) is 5.69 Å². The molecule has 22 heavy (non-hydrogen) atoms. The van der Waals surface area contributed by atoms with E-state index < -0.39 is 0 Å². The van der Waals surface area contributed by atoms with Crippen LogP contribution in [0.3, 0.4) is 0 Å². The number of nitrogens with one attached hydrogen (secondary N) is 1. The summed E-state index contributed by atoms with van der Waals surface area (Å²) in [6, 6.07) is 5.29. The maximum Gasteiger partial charge on any atom is 0.256 e. The summed E-state index contributed by atoms with van der Waals surface area (Å²) in [5.41, 5.74) is 1.26. The molecule has 1 amide bonds. The number of nitrogens with zero attached hydrogens (tertiary/aromatic N) is 2. The third kappa shape index (κ3) is 3.78. The Morgan fingerprint density at radius 2 is 2.09 bits per heavy atom. The van der Waals surface area contributed by atoms with E-state index in [0.29, 0.717) is 34.4 Å². The molecule has 0 unspecified atom stereocenters. The van der Waals surface area contributed by atoms with Gasteiger partial charge in [0, 0.05) is 18.5 Å². The number of benzene rings is 1. The van der Waals surface area contributed by atoms with Crippen LogP contribution in [0.1, 0.15) is 6.42 Å². The lowest BCUT2D eigenvalue weighted by atomic mass is 10.2. The lowest BCUT2D eigenvalue weighted by Gasteiger charge is -2.13. The summed E-state index contributed by atoms with van der Waals surface area (Å²) in [6.45, 7) is 7.82. The van der Waals surface area contributed by atoms with E-state index in [1.165, 1.54) is 12.2 Å². The first-order valence-electron chi connectivity index (χ1n) is 6.61. The number of amides is 1. The number of rotatable bonds is 4. The average molecular weight is 336 g/mol. The van der Waals surface area contributed by atoms with Gasteiger partial charge in [-0.2, -0.15) is 5.10 Å². The molecule has 0 radical (unpaired) electrons. The molecular weight excluding hydrogens is 321 g/mol. The number of hydrogen-bond donors (Lipinski definition) is 1. The lowest BCUT2D eigenvalue weighted by molar-refractivity contribution is -0.115. The van der Waals surface area contributed by atoms with Crippen molar-refractivity contribution in [3.05, 3.63) is 65.2 Å². The fourth-order valence-electron chi connectivity index (χ4n) is 1.94. The molecule has 6 heteroatoms. The van der Waals surface area contributed by atoms with E-state index in [2.05, 4.69) is 23.6 Å². The van der Waals surface area contributed by atoms with Crippen molar-refractivity contribution >= 4 is 40.6 Å². The van der Waals surface area contributed by atoms with Gasteiger partial charge in [-0.05, 0) is 18.2 Å². The standard InChI is InChI=1S/C16H15Cl2N3O/c1-3-5-11(4-2)16(22)19-15-8-9-21(20-15)12-6-7-13(17)14(18)10-12/h3-7,10H,1-2,8-9H2,(H,19,20,22)/b11-5+. The molecule has 0 aromatic heterocycles. The number of carbonyl (C=O) groups is 1. The molecule has 0 atom stereocenters. The predicted octanol–water partition coefficient (Wildman–Crippen LogP) is 3.93. The predicted molar refractivity (Wildman–Crippen MR) is 92.5 cm³/mol. The second kappa shape index (κ2) is 7.29. The first-order chi connectivity index (χ1) is 10.5. The van der Waals surface area contributed by atoms with Crippen LogP contribution in [0.5, 0.6) is 0 Å². The summed E-state index contributed by atoms with van der Waals surface area (Å²) in [7, 11) is 0. The second-order valence-electron chi connectivity index (χ2n) is 4.53. The van der Waals surface area contributed by atoms with Gasteiger partial charge in [-0.15, -0.1) is 0 Å². The number of amidine groups is 1. The van der Waals surface area contributed by atoms with Gasteiger partial charge < -0.3 is 5.32 Å². The van der Waals surface area contributed by atoms with Gasteiger partial charge in [0.15, 0.2) is 0 Å². The van der Waals surface area contributed by atoms with Crippen molar-refractivity contribution in [3.8, 4) is 0 Å². The van der Waals surface area contributed by atoms with Gasteiger partial charge in [-0.25, -0.2) is 0 Å². The molecule has 4 nitrogen and oxygen atoms in total. The summed E-state index contributed by atoms with van der Waals surface area (Å²) in [4.78, 5) is 12.0. The van der Waals surface area contributed by atoms with Crippen LogP contribution in [-0.2, 0) is 4.79 Å². The minimum atomic E-state index is -0.260. The molecule has 1 aromatic rings. The van der Waals surface area contributed by atoms with Gasteiger partial charge in [0.05, 0.1) is 15.7 Å². The Morgan fingerprint density at radius 3 is 2.73 bits per heavy atom. The molecule has 0 fully saturated rings. The van der Waals surface area contributed by atoms with Gasteiger partial charge in [0.25, 0.3) is 5.91 Å². The van der Waals surface area contributed by atoms with E-state index in [1.807, 2.05) is 6.07 Å². The summed E-state index contributed by atoms with van der Waals surface area (Å²) < 4.78 is 0. The quantitative estimate of drug-likeness (QED) is 0.669. The van der Waals surface area contributed by atoms with Crippen LogP contribution in [0.2, 0.25) is 10.0 Å². The van der Waals surface area contributed by atoms with Gasteiger partial charge in [0.2, 0.25) is 0 Å². The highest BCUT2D eigenvalue weighted by Gasteiger charge is 2.19. The van der Waals surface area contributed by atoms with Crippen molar-refractivity contribution in [3.63, 3.8) is 0 Å². The van der Waals surface area contributed by atoms with E-state index in [4.69, 9.17) is 23.2 Å². The zero-order valence-corrected chi connectivity index (χ0v) is 13.4.